The molecule has 0 unspecified atom stereocenters. The normalized spacial score (nSPS) is 12.3. The Morgan fingerprint density at radius 3 is 2.56 bits per heavy atom. The van der Waals surface area contributed by atoms with Crippen LogP contribution in [0.3, 0.4) is 0 Å². The van der Waals surface area contributed by atoms with E-state index in [1.807, 2.05) is 11.3 Å². The van der Waals surface area contributed by atoms with E-state index in [9.17, 15) is 0 Å². The van der Waals surface area contributed by atoms with Gasteiger partial charge in [0.05, 0.1) is 10.4 Å². The zero-order valence-electron chi connectivity index (χ0n) is 10.7. The molecule has 0 aliphatic rings. The molecule has 2 aromatic heterocycles. The van der Waals surface area contributed by atoms with Crippen LogP contribution in [0.2, 0.25) is 0 Å². The third kappa shape index (κ3) is 1.75. The second-order valence-electron chi connectivity index (χ2n) is 5.29. The molecule has 0 saturated heterocycles. The van der Waals surface area contributed by atoms with Gasteiger partial charge >= 0.3 is 0 Å². The third-order valence-corrected chi connectivity index (χ3v) is 3.91. The van der Waals surface area contributed by atoms with Crippen LogP contribution in [-0.4, -0.2) is 4.98 Å². The van der Waals surface area contributed by atoms with Gasteiger partial charge in [-0.15, -0.1) is 11.3 Å². The monoisotopic (exact) mass is 233 g/mol. The lowest BCUT2D eigenvalue weighted by Gasteiger charge is -2.23. The standard InChI is InChI=1S/C14H19NS/c1-6-11-13-10(7-8-16-13)12(9(2)15-11)14(3,4)5/h7-8H,6H2,1-5H3. The van der Waals surface area contributed by atoms with Crippen molar-refractivity contribution >= 4 is 21.4 Å². The fourth-order valence-electron chi connectivity index (χ4n) is 2.42. The average molecular weight is 233 g/mol. The van der Waals surface area contributed by atoms with E-state index in [-0.39, 0.29) is 5.41 Å². The lowest BCUT2D eigenvalue weighted by molar-refractivity contribution is 0.588. The highest BCUT2D eigenvalue weighted by molar-refractivity contribution is 7.17. The highest BCUT2D eigenvalue weighted by Crippen LogP contribution is 2.35. The minimum Gasteiger partial charge on any atom is -0.256 e. The second kappa shape index (κ2) is 3.85. The smallest absolute Gasteiger partial charge is 0.0582 e. The van der Waals surface area contributed by atoms with Crippen LogP contribution in [0.15, 0.2) is 11.4 Å². The second-order valence-corrected chi connectivity index (χ2v) is 6.20. The van der Waals surface area contributed by atoms with E-state index in [0.29, 0.717) is 0 Å². The molecule has 86 valence electrons. The quantitative estimate of drug-likeness (QED) is 0.708. The summed E-state index contributed by atoms with van der Waals surface area (Å²) < 4.78 is 1.37. The molecule has 2 aromatic rings. The third-order valence-electron chi connectivity index (χ3n) is 2.95. The molecule has 0 spiro atoms. The van der Waals surface area contributed by atoms with E-state index in [1.165, 1.54) is 27.0 Å². The molecule has 2 rings (SSSR count). The molecule has 0 saturated carbocycles. The van der Waals surface area contributed by atoms with Gasteiger partial charge in [0.1, 0.15) is 0 Å². The predicted molar refractivity (Wildman–Crippen MR) is 72.4 cm³/mol. The van der Waals surface area contributed by atoms with Gasteiger partial charge in [0.2, 0.25) is 0 Å². The highest BCUT2D eigenvalue weighted by Gasteiger charge is 2.22. The van der Waals surface area contributed by atoms with Crippen molar-refractivity contribution in [1.29, 1.82) is 0 Å². The van der Waals surface area contributed by atoms with Gasteiger partial charge in [-0.1, -0.05) is 27.7 Å². The molecule has 2 heterocycles. The van der Waals surface area contributed by atoms with Crippen LogP contribution in [0.5, 0.6) is 0 Å². The summed E-state index contributed by atoms with van der Waals surface area (Å²) in [6.07, 6.45) is 1.02. The maximum absolute atomic E-state index is 4.77. The largest absolute Gasteiger partial charge is 0.256 e. The van der Waals surface area contributed by atoms with Crippen molar-refractivity contribution in [2.24, 2.45) is 0 Å². The van der Waals surface area contributed by atoms with Crippen LogP contribution in [0, 0.1) is 6.92 Å². The number of aromatic nitrogens is 1. The van der Waals surface area contributed by atoms with Gasteiger partial charge in [0.15, 0.2) is 0 Å². The number of nitrogens with zero attached hydrogens (tertiary/aromatic N) is 1. The zero-order valence-corrected chi connectivity index (χ0v) is 11.5. The van der Waals surface area contributed by atoms with E-state index < -0.39 is 0 Å². The van der Waals surface area contributed by atoms with Crippen molar-refractivity contribution in [2.75, 3.05) is 0 Å². The van der Waals surface area contributed by atoms with Crippen LogP contribution in [0.25, 0.3) is 10.1 Å². The van der Waals surface area contributed by atoms with Crippen molar-refractivity contribution in [1.82, 2.24) is 4.98 Å². The minimum atomic E-state index is 0.169. The molecule has 1 nitrogen and oxygen atoms in total. The number of fused-ring (bicyclic) bond motifs is 1. The summed E-state index contributed by atoms with van der Waals surface area (Å²) in [5, 5.41) is 3.59. The van der Waals surface area contributed by atoms with Crippen molar-refractivity contribution in [3.8, 4) is 0 Å². The van der Waals surface area contributed by atoms with Crippen molar-refractivity contribution in [3.05, 3.63) is 28.4 Å². The number of thiophene rings is 1. The number of hydrogen-bond donors (Lipinski definition) is 0. The van der Waals surface area contributed by atoms with Gasteiger partial charge in [-0.25, -0.2) is 0 Å². The van der Waals surface area contributed by atoms with E-state index in [4.69, 9.17) is 4.98 Å². The van der Waals surface area contributed by atoms with Crippen molar-refractivity contribution in [3.63, 3.8) is 0 Å². The van der Waals surface area contributed by atoms with Gasteiger partial charge in [0, 0.05) is 5.69 Å². The van der Waals surface area contributed by atoms with E-state index in [0.717, 1.165) is 6.42 Å². The molecule has 0 fully saturated rings. The first-order valence-electron chi connectivity index (χ1n) is 5.82. The Kier molecular flexibility index (Phi) is 2.79. The van der Waals surface area contributed by atoms with Crippen molar-refractivity contribution < 1.29 is 0 Å². The Balaban J connectivity index is 2.85. The molecule has 0 bridgehead atoms. The van der Waals surface area contributed by atoms with Crippen LogP contribution in [-0.2, 0) is 11.8 Å². The molecular weight excluding hydrogens is 214 g/mol. The summed E-state index contributed by atoms with van der Waals surface area (Å²) in [4.78, 5) is 4.77. The lowest BCUT2D eigenvalue weighted by atomic mass is 9.83. The Labute approximate surface area is 102 Å². The van der Waals surface area contributed by atoms with E-state index in [2.05, 4.69) is 46.1 Å². The van der Waals surface area contributed by atoms with Crippen LogP contribution < -0.4 is 0 Å². The molecule has 2 heteroatoms. The van der Waals surface area contributed by atoms with Crippen LogP contribution in [0.1, 0.15) is 44.6 Å². The number of aryl methyl sites for hydroxylation is 2. The van der Waals surface area contributed by atoms with Gasteiger partial charge in [-0.2, -0.15) is 0 Å². The van der Waals surface area contributed by atoms with Gasteiger partial charge in [-0.05, 0) is 41.2 Å². The maximum Gasteiger partial charge on any atom is 0.0582 e. The Morgan fingerprint density at radius 2 is 2.00 bits per heavy atom. The predicted octanol–water partition coefficient (Wildman–Crippen LogP) is 4.46. The summed E-state index contributed by atoms with van der Waals surface area (Å²) >= 11 is 1.81. The fraction of sp³-hybridized carbons (Fsp3) is 0.500. The maximum atomic E-state index is 4.77. The number of rotatable bonds is 1. The summed E-state index contributed by atoms with van der Waals surface area (Å²) in [7, 11) is 0. The molecular formula is C14H19NS. The Bertz CT molecular complexity index is 517. The first-order valence-corrected chi connectivity index (χ1v) is 6.70. The Hall–Kier alpha value is -0.890. The van der Waals surface area contributed by atoms with Crippen LogP contribution >= 0.6 is 11.3 Å². The molecule has 0 N–H and O–H groups in total. The Morgan fingerprint density at radius 1 is 1.31 bits per heavy atom. The molecule has 0 radical (unpaired) electrons. The lowest BCUT2D eigenvalue weighted by Crippen LogP contribution is -2.15. The average Bonchev–Trinajstić information content (AvgIpc) is 2.62. The molecule has 0 aliphatic heterocycles. The molecule has 0 aliphatic carbocycles. The van der Waals surface area contributed by atoms with Gasteiger partial charge < -0.3 is 0 Å². The summed E-state index contributed by atoms with van der Waals surface area (Å²) in [6.45, 7) is 11.1. The van der Waals surface area contributed by atoms with Gasteiger partial charge in [0.25, 0.3) is 0 Å². The SMILES string of the molecule is CCc1nc(C)c(C(C)(C)C)c2ccsc12. The highest BCUT2D eigenvalue weighted by atomic mass is 32.1. The van der Waals surface area contributed by atoms with E-state index >= 15 is 0 Å². The van der Waals surface area contributed by atoms with Crippen LogP contribution in [0.4, 0.5) is 0 Å². The molecule has 0 aromatic carbocycles. The zero-order chi connectivity index (χ0) is 11.9. The minimum absolute atomic E-state index is 0.169. The molecule has 0 atom stereocenters. The first kappa shape index (κ1) is 11.6. The first-order chi connectivity index (χ1) is 7.45. The molecule has 16 heavy (non-hydrogen) atoms. The van der Waals surface area contributed by atoms with E-state index in [1.54, 1.807) is 0 Å². The number of hydrogen-bond acceptors (Lipinski definition) is 2. The summed E-state index contributed by atoms with van der Waals surface area (Å²) in [5.74, 6) is 0. The molecule has 0 amide bonds. The van der Waals surface area contributed by atoms with Gasteiger partial charge in [-0.3, -0.25) is 4.98 Å². The topological polar surface area (TPSA) is 12.9 Å². The van der Waals surface area contributed by atoms with Crippen molar-refractivity contribution in [2.45, 2.75) is 46.5 Å². The summed E-state index contributed by atoms with van der Waals surface area (Å²) in [6, 6.07) is 2.24. The summed E-state index contributed by atoms with van der Waals surface area (Å²) in [5.41, 5.74) is 4.01. The number of pyridine rings is 1. The fourth-order valence-corrected chi connectivity index (χ4v) is 3.38.